The molecule has 0 aliphatic carbocycles. The van der Waals surface area contributed by atoms with Crippen LogP contribution in [0.4, 0.5) is 8.78 Å². The highest BCUT2D eigenvalue weighted by Crippen LogP contribution is 2.15. The SMILES string of the molecule is O=C(Oc1ccc(/C=N\n2c(Cc3ccc(F)cc3)n[nH]c2=S)cc1)c1ccc(F)cc1. The van der Waals surface area contributed by atoms with Crippen molar-refractivity contribution in [2.45, 2.75) is 6.42 Å². The van der Waals surface area contributed by atoms with Gasteiger partial charge in [0.15, 0.2) is 5.82 Å². The van der Waals surface area contributed by atoms with Crippen LogP contribution in [0.15, 0.2) is 77.9 Å². The Balaban J connectivity index is 1.44. The fraction of sp³-hybridized carbons (Fsp3) is 0.0435. The van der Waals surface area contributed by atoms with Gasteiger partial charge in [0.25, 0.3) is 0 Å². The summed E-state index contributed by atoms with van der Waals surface area (Å²) in [5, 5.41) is 11.3. The minimum absolute atomic E-state index is 0.250. The van der Waals surface area contributed by atoms with Crippen LogP contribution in [0.3, 0.4) is 0 Å². The summed E-state index contributed by atoms with van der Waals surface area (Å²) >= 11 is 5.24. The van der Waals surface area contributed by atoms with Gasteiger partial charge in [0, 0.05) is 6.42 Å². The first-order valence-corrected chi connectivity index (χ1v) is 9.92. The molecule has 160 valence electrons. The monoisotopic (exact) mass is 450 g/mol. The standard InChI is InChI=1S/C23H16F2N4O2S/c24-18-7-1-15(2-8-18)13-21-27-28-23(32)29(21)26-14-16-3-11-20(12-4-16)31-22(30)17-5-9-19(25)10-6-17/h1-12,14H,13H2,(H,28,32)/b26-14-. The number of nitrogens with one attached hydrogen (secondary N) is 1. The lowest BCUT2D eigenvalue weighted by atomic mass is 10.1. The lowest BCUT2D eigenvalue weighted by molar-refractivity contribution is 0.0734. The predicted molar refractivity (Wildman–Crippen MR) is 117 cm³/mol. The van der Waals surface area contributed by atoms with E-state index in [1.54, 1.807) is 42.6 Å². The number of benzene rings is 3. The molecule has 0 aliphatic heterocycles. The number of hydrogen-bond donors (Lipinski definition) is 1. The van der Waals surface area contributed by atoms with Gasteiger partial charge in [-0.2, -0.15) is 14.9 Å². The third-order valence-electron chi connectivity index (χ3n) is 4.49. The Bertz CT molecular complexity index is 1310. The van der Waals surface area contributed by atoms with Gasteiger partial charge in [-0.05, 0) is 84.0 Å². The molecular weight excluding hydrogens is 434 g/mol. The predicted octanol–water partition coefficient (Wildman–Crippen LogP) is 4.91. The first-order valence-electron chi connectivity index (χ1n) is 9.51. The second-order valence-electron chi connectivity index (χ2n) is 6.77. The van der Waals surface area contributed by atoms with Gasteiger partial charge in [0.2, 0.25) is 4.77 Å². The molecule has 1 heterocycles. The molecule has 0 saturated carbocycles. The maximum atomic E-state index is 13.1. The zero-order valence-corrected chi connectivity index (χ0v) is 17.4. The number of carbonyl (C=O) groups excluding carboxylic acids is 1. The Morgan fingerprint density at radius 2 is 1.62 bits per heavy atom. The summed E-state index contributed by atoms with van der Waals surface area (Å²) in [6.45, 7) is 0. The number of aromatic amines is 1. The van der Waals surface area contributed by atoms with Crippen LogP contribution in [-0.4, -0.2) is 27.1 Å². The third kappa shape index (κ3) is 5.19. The average Bonchev–Trinajstić information content (AvgIpc) is 3.14. The van der Waals surface area contributed by atoms with Gasteiger partial charge in [-0.3, -0.25) is 5.10 Å². The van der Waals surface area contributed by atoms with E-state index >= 15 is 0 Å². The highest BCUT2D eigenvalue weighted by Gasteiger charge is 2.09. The smallest absolute Gasteiger partial charge is 0.343 e. The van der Waals surface area contributed by atoms with Crippen LogP contribution in [0, 0.1) is 16.4 Å². The van der Waals surface area contributed by atoms with Gasteiger partial charge in [-0.25, -0.2) is 13.6 Å². The Hall–Kier alpha value is -3.98. The quantitative estimate of drug-likeness (QED) is 0.196. The van der Waals surface area contributed by atoms with E-state index in [4.69, 9.17) is 17.0 Å². The first kappa shape index (κ1) is 21.3. The fourth-order valence-electron chi connectivity index (χ4n) is 2.84. The highest BCUT2D eigenvalue weighted by molar-refractivity contribution is 7.71. The molecule has 0 unspecified atom stereocenters. The maximum absolute atomic E-state index is 13.1. The number of esters is 1. The van der Waals surface area contributed by atoms with Gasteiger partial charge in [0.1, 0.15) is 17.4 Å². The van der Waals surface area contributed by atoms with Crippen molar-refractivity contribution in [2.75, 3.05) is 0 Å². The van der Waals surface area contributed by atoms with Crippen molar-refractivity contribution in [3.05, 3.63) is 112 Å². The summed E-state index contributed by atoms with van der Waals surface area (Å²) in [4.78, 5) is 12.1. The molecule has 0 radical (unpaired) electrons. The van der Waals surface area contributed by atoms with Crippen LogP contribution in [0.25, 0.3) is 0 Å². The van der Waals surface area contributed by atoms with Crippen LogP contribution in [0.2, 0.25) is 0 Å². The fourth-order valence-corrected chi connectivity index (χ4v) is 3.04. The molecule has 0 aliphatic rings. The van der Waals surface area contributed by atoms with Gasteiger partial charge < -0.3 is 4.74 Å². The average molecular weight is 450 g/mol. The molecular formula is C23H16F2N4O2S. The summed E-state index contributed by atoms with van der Waals surface area (Å²) in [5.41, 5.74) is 1.85. The van der Waals surface area contributed by atoms with Crippen molar-refractivity contribution in [2.24, 2.45) is 5.10 Å². The zero-order valence-electron chi connectivity index (χ0n) is 16.5. The summed E-state index contributed by atoms with van der Waals surface area (Å²) in [5.74, 6) is -0.404. The van der Waals surface area contributed by atoms with E-state index in [9.17, 15) is 13.6 Å². The van der Waals surface area contributed by atoms with E-state index in [-0.39, 0.29) is 11.4 Å². The summed E-state index contributed by atoms with van der Waals surface area (Å²) < 4.78 is 33.2. The zero-order chi connectivity index (χ0) is 22.5. The largest absolute Gasteiger partial charge is 0.423 e. The lowest BCUT2D eigenvalue weighted by Crippen LogP contribution is -2.08. The second-order valence-corrected chi connectivity index (χ2v) is 7.16. The van der Waals surface area contributed by atoms with E-state index in [1.807, 2.05) is 0 Å². The van der Waals surface area contributed by atoms with Crippen LogP contribution >= 0.6 is 12.2 Å². The number of halogens is 2. The topological polar surface area (TPSA) is 72.3 Å². The number of rotatable bonds is 6. The second kappa shape index (κ2) is 9.44. The van der Waals surface area contributed by atoms with Crippen molar-refractivity contribution in [1.82, 2.24) is 14.9 Å². The molecule has 4 aromatic rings. The molecule has 1 aromatic heterocycles. The Labute approximate surface area is 186 Å². The van der Waals surface area contributed by atoms with Crippen LogP contribution in [0.5, 0.6) is 5.75 Å². The first-order chi connectivity index (χ1) is 15.5. The molecule has 4 rings (SSSR count). The van der Waals surface area contributed by atoms with E-state index in [0.717, 1.165) is 11.1 Å². The van der Waals surface area contributed by atoms with Crippen molar-refractivity contribution >= 4 is 24.4 Å². The van der Waals surface area contributed by atoms with E-state index in [1.165, 1.54) is 41.1 Å². The van der Waals surface area contributed by atoms with Crippen molar-refractivity contribution in [3.8, 4) is 5.75 Å². The summed E-state index contributed by atoms with van der Waals surface area (Å²) in [6, 6.07) is 17.9. The number of H-pyrrole nitrogens is 1. The normalized spacial score (nSPS) is 11.1. The van der Waals surface area contributed by atoms with Crippen LogP contribution in [-0.2, 0) is 6.42 Å². The molecule has 1 N–H and O–H groups in total. The Morgan fingerprint density at radius 3 is 2.28 bits per heavy atom. The minimum atomic E-state index is -0.582. The molecule has 0 fully saturated rings. The highest BCUT2D eigenvalue weighted by atomic mass is 32.1. The van der Waals surface area contributed by atoms with Crippen molar-refractivity contribution in [3.63, 3.8) is 0 Å². The number of ether oxygens (including phenoxy) is 1. The number of carbonyl (C=O) groups is 1. The third-order valence-corrected chi connectivity index (χ3v) is 4.75. The van der Waals surface area contributed by atoms with Gasteiger partial charge >= 0.3 is 5.97 Å². The van der Waals surface area contributed by atoms with Crippen LogP contribution < -0.4 is 4.74 Å². The minimum Gasteiger partial charge on any atom is -0.423 e. The Morgan fingerprint density at radius 1 is 1.00 bits per heavy atom. The molecule has 0 atom stereocenters. The van der Waals surface area contributed by atoms with Gasteiger partial charge in [0.05, 0.1) is 11.8 Å². The molecule has 32 heavy (non-hydrogen) atoms. The van der Waals surface area contributed by atoms with Crippen molar-refractivity contribution in [1.29, 1.82) is 0 Å². The Kier molecular flexibility index (Phi) is 6.27. The molecule has 6 nitrogen and oxygen atoms in total. The van der Waals surface area contributed by atoms with E-state index < -0.39 is 11.8 Å². The number of nitrogens with zero attached hydrogens (tertiary/aromatic N) is 3. The molecule has 0 spiro atoms. The maximum Gasteiger partial charge on any atom is 0.343 e. The molecule has 9 heteroatoms. The summed E-state index contributed by atoms with van der Waals surface area (Å²) in [6.07, 6.45) is 2.01. The van der Waals surface area contributed by atoms with E-state index in [2.05, 4.69) is 15.3 Å². The lowest BCUT2D eigenvalue weighted by Gasteiger charge is -2.05. The summed E-state index contributed by atoms with van der Waals surface area (Å²) in [7, 11) is 0. The molecule has 0 bridgehead atoms. The molecule has 0 saturated heterocycles. The number of hydrogen-bond acceptors (Lipinski definition) is 5. The number of aromatic nitrogens is 3. The van der Waals surface area contributed by atoms with E-state index in [0.29, 0.717) is 22.8 Å². The van der Waals surface area contributed by atoms with Crippen molar-refractivity contribution < 1.29 is 18.3 Å². The van der Waals surface area contributed by atoms with Gasteiger partial charge in [-0.15, -0.1) is 0 Å². The van der Waals surface area contributed by atoms with Gasteiger partial charge in [-0.1, -0.05) is 12.1 Å². The molecule has 3 aromatic carbocycles. The van der Waals surface area contributed by atoms with Crippen LogP contribution in [0.1, 0.15) is 27.3 Å². The molecule has 0 amide bonds.